The van der Waals surface area contributed by atoms with E-state index in [9.17, 15) is 4.79 Å². The van der Waals surface area contributed by atoms with Gasteiger partial charge in [0.15, 0.2) is 10.8 Å². The van der Waals surface area contributed by atoms with Crippen LogP contribution in [0.2, 0.25) is 0 Å². The lowest BCUT2D eigenvalue weighted by atomic mass is 10.1. The largest absolute Gasteiger partial charge is 0.441 e. The molecular formula is C20H21N3O2S. The highest BCUT2D eigenvalue weighted by Crippen LogP contribution is 2.21. The van der Waals surface area contributed by atoms with E-state index in [-0.39, 0.29) is 5.56 Å². The van der Waals surface area contributed by atoms with Crippen molar-refractivity contribution in [1.29, 1.82) is 0 Å². The Bertz CT molecular complexity index is 1210. The van der Waals surface area contributed by atoms with Gasteiger partial charge in [0, 0.05) is 25.2 Å². The van der Waals surface area contributed by atoms with Gasteiger partial charge in [-0.3, -0.25) is 4.79 Å². The average Bonchev–Trinajstić information content (AvgIpc) is 3.27. The molecule has 6 heteroatoms. The van der Waals surface area contributed by atoms with E-state index in [1.165, 1.54) is 16.9 Å². The number of rotatable bonds is 4. The molecule has 5 nitrogen and oxygen atoms in total. The molecule has 3 heterocycles. The van der Waals surface area contributed by atoms with Gasteiger partial charge < -0.3 is 9.32 Å². The van der Waals surface area contributed by atoms with Crippen molar-refractivity contribution in [1.82, 2.24) is 9.38 Å². The van der Waals surface area contributed by atoms with Gasteiger partial charge in [-0.25, -0.2) is 9.38 Å². The monoisotopic (exact) mass is 367 g/mol. The summed E-state index contributed by atoms with van der Waals surface area (Å²) in [5, 5.41) is 0. The highest BCUT2D eigenvalue weighted by molar-refractivity contribution is 7.15. The summed E-state index contributed by atoms with van der Waals surface area (Å²) >= 11 is 1.40. The third-order valence-electron chi connectivity index (χ3n) is 4.82. The van der Waals surface area contributed by atoms with Crippen LogP contribution in [0.25, 0.3) is 22.1 Å². The zero-order valence-corrected chi connectivity index (χ0v) is 16.2. The fourth-order valence-electron chi connectivity index (χ4n) is 3.17. The first kappa shape index (κ1) is 16.8. The molecule has 0 saturated carbocycles. The van der Waals surface area contributed by atoms with Gasteiger partial charge >= 0.3 is 0 Å². The van der Waals surface area contributed by atoms with Gasteiger partial charge in [0.1, 0.15) is 10.3 Å². The summed E-state index contributed by atoms with van der Waals surface area (Å²) in [5.74, 6) is 1.51. The molecule has 0 aliphatic rings. The molecular weight excluding hydrogens is 346 g/mol. The van der Waals surface area contributed by atoms with Gasteiger partial charge in [-0.15, -0.1) is 0 Å². The Morgan fingerprint density at radius 2 is 1.92 bits per heavy atom. The number of imidazole rings is 1. The average molecular weight is 367 g/mol. The normalized spacial score (nSPS) is 12.5. The first-order valence-electron chi connectivity index (χ1n) is 8.80. The summed E-state index contributed by atoms with van der Waals surface area (Å²) in [4.78, 5) is 20.4. The van der Waals surface area contributed by atoms with Gasteiger partial charge in [0.25, 0.3) is 5.56 Å². The van der Waals surface area contributed by atoms with Crippen LogP contribution in [0, 0.1) is 13.8 Å². The molecule has 0 saturated heterocycles. The van der Waals surface area contributed by atoms with E-state index in [0.717, 1.165) is 40.5 Å². The van der Waals surface area contributed by atoms with Crippen molar-refractivity contribution in [3.63, 3.8) is 0 Å². The molecule has 0 spiro atoms. The summed E-state index contributed by atoms with van der Waals surface area (Å²) in [7, 11) is 0. The Kier molecular flexibility index (Phi) is 4.07. The summed E-state index contributed by atoms with van der Waals surface area (Å²) < 4.78 is 8.22. The Labute approximate surface area is 155 Å². The minimum Gasteiger partial charge on any atom is -0.441 e. The molecule has 4 aromatic rings. The number of thiazole rings is 1. The first-order valence-corrected chi connectivity index (χ1v) is 9.62. The molecule has 0 N–H and O–H groups in total. The van der Waals surface area contributed by atoms with Crippen molar-refractivity contribution < 1.29 is 4.42 Å². The third-order valence-corrected chi connectivity index (χ3v) is 5.78. The third kappa shape index (κ3) is 2.61. The van der Waals surface area contributed by atoms with Gasteiger partial charge in [-0.2, -0.15) is 0 Å². The van der Waals surface area contributed by atoms with Crippen LogP contribution in [0.1, 0.15) is 30.7 Å². The molecule has 0 fully saturated rings. The minimum atomic E-state index is -0.0449. The Morgan fingerprint density at radius 3 is 2.65 bits per heavy atom. The molecule has 0 bridgehead atoms. The second-order valence-corrected chi connectivity index (χ2v) is 7.43. The molecule has 4 rings (SSSR count). The van der Waals surface area contributed by atoms with Crippen molar-refractivity contribution in [2.75, 3.05) is 18.0 Å². The summed E-state index contributed by atoms with van der Waals surface area (Å²) in [5.41, 5.74) is 4.03. The van der Waals surface area contributed by atoms with E-state index >= 15 is 0 Å². The number of hydrogen-bond donors (Lipinski definition) is 0. The lowest BCUT2D eigenvalue weighted by Crippen LogP contribution is -2.22. The number of aryl methyl sites for hydroxylation is 2. The van der Waals surface area contributed by atoms with Crippen LogP contribution in [0.4, 0.5) is 5.88 Å². The van der Waals surface area contributed by atoms with Crippen LogP contribution in [0.5, 0.6) is 0 Å². The Hall–Kier alpha value is -2.60. The second kappa shape index (κ2) is 6.29. The smallest absolute Gasteiger partial charge is 0.275 e. The standard InChI is InChI=1S/C20H21N3O2S/c1-5-22(6-2)18-8-7-14(25-18)11-17-19(24)23-16-10-13(4)12(3)9-15(16)21-20(23)26-17/h7-11H,5-6H2,1-4H3/b17-11-. The highest BCUT2D eigenvalue weighted by Gasteiger charge is 2.13. The minimum absolute atomic E-state index is 0.0449. The predicted octanol–water partition coefficient (Wildman–Crippen LogP) is 3.51. The molecule has 134 valence electrons. The Balaban J connectivity index is 1.85. The number of fused-ring (bicyclic) bond motifs is 3. The first-order chi connectivity index (χ1) is 12.5. The van der Waals surface area contributed by atoms with Crippen LogP contribution < -0.4 is 15.0 Å². The molecule has 0 atom stereocenters. The summed E-state index contributed by atoms with van der Waals surface area (Å²) in [6.07, 6.45) is 1.81. The van der Waals surface area contributed by atoms with Crippen molar-refractivity contribution in [2.24, 2.45) is 0 Å². The van der Waals surface area contributed by atoms with Crippen LogP contribution in [-0.4, -0.2) is 22.5 Å². The van der Waals surface area contributed by atoms with Gasteiger partial charge in [0.2, 0.25) is 0 Å². The highest BCUT2D eigenvalue weighted by atomic mass is 32.1. The van der Waals surface area contributed by atoms with Crippen molar-refractivity contribution in [3.05, 3.63) is 56.0 Å². The zero-order chi connectivity index (χ0) is 18.4. The van der Waals surface area contributed by atoms with E-state index in [0.29, 0.717) is 10.3 Å². The van der Waals surface area contributed by atoms with E-state index in [4.69, 9.17) is 4.42 Å². The summed E-state index contributed by atoms with van der Waals surface area (Å²) in [6, 6.07) is 7.93. The fourth-order valence-corrected chi connectivity index (χ4v) is 4.14. The maximum absolute atomic E-state index is 12.9. The van der Waals surface area contributed by atoms with Crippen molar-refractivity contribution in [3.8, 4) is 0 Å². The maximum atomic E-state index is 12.9. The number of furan rings is 1. The number of nitrogens with zero attached hydrogens (tertiary/aromatic N) is 3. The van der Waals surface area contributed by atoms with Gasteiger partial charge in [0.05, 0.1) is 11.0 Å². The molecule has 0 aliphatic carbocycles. The lowest BCUT2D eigenvalue weighted by molar-refractivity contribution is 0.541. The number of hydrogen-bond acceptors (Lipinski definition) is 5. The molecule has 0 amide bonds. The quantitative estimate of drug-likeness (QED) is 0.554. The molecule has 1 aromatic carbocycles. The van der Waals surface area contributed by atoms with Gasteiger partial charge in [-0.1, -0.05) is 11.3 Å². The molecule has 3 aromatic heterocycles. The second-order valence-electron chi connectivity index (χ2n) is 6.42. The van der Waals surface area contributed by atoms with Crippen LogP contribution in [0.15, 0.2) is 33.5 Å². The fraction of sp³-hybridized carbons (Fsp3) is 0.300. The molecule has 0 aliphatic heterocycles. The van der Waals surface area contributed by atoms with E-state index in [1.807, 2.05) is 30.3 Å². The summed E-state index contributed by atoms with van der Waals surface area (Å²) in [6.45, 7) is 10.1. The molecule has 26 heavy (non-hydrogen) atoms. The van der Waals surface area contributed by atoms with E-state index in [2.05, 4.69) is 37.6 Å². The van der Waals surface area contributed by atoms with Crippen LogP contribution in [-0.2, 0) is 0 Å². The maximum Gasteiger partial charge on any atom is 0.275 e. The number of aromatic nitrogens is 2. The van der Waals surface area contributed by atoms with Crippen LogP contribution >= 0.6 is 11.3 Å². The number of anilines is 1. The molecule has 0 unspecified atom stereocenters. The van der Waals surface area contributed by atoms with Crippen molar-refractivity contribution >= 4 is 39.3 Å². The van der Waals surface area contributed by atoms with Crippen molar-refractivity contribution in [2.45, 2.75) is 27.7 Å². The Morgan fingerprint density at radius 1 is 1.19 bits per heavy atom. The molecule has 0 radical (unpaired) electrons. The predicted molar refractivity (Wildman–Crippen MR) is 107 cm³/mol. The van der Waals surface area contributed by atoms with Crippen LogP contribution in [0.3, 0.4) is 0 Å². The lowest BCUT2D eigenvalue weighted by Gasteiger charge is -2.16. The number of benzene rings is 1. The zero-order valence-electron chi connectivity index (χ0n) is 15.4. The van der Waals surface area contributed by atoms with E-state index < -0.39 is 0 Å². The topological polar surface area (TPSA) is 50.8 Å². The SMILES string of the molecule is CCN(CC)c1ccc(/C=c2\sc3nc4cc(C)c(C)cc4n3c2=O)o1. The van der Waals surface area contributed by atoms with Gasteiger partial charge in [-0.05, 0) is 57.0 Å². The van der Waals surface area contributed by atoms with E-state index in [1.54, 1.807) is 4.40 Å².